The van der Waals surface area contributed by atoms with Crippen molar-refractivity contribution in [1.82, 2.24) is 23.9 Å². The van der Waals surface area contributed by atoms with Crippen LogP contribution in [0.3, 0.4) is 0 Å². The number of sulfonamides is 2. The Hall–Kier alpha value is -6.22. The van der Waals surface area contributed by atoms with E-state index in [0.717, 1.165) is 42.4 Å². The van der Waals surface area contributed by atoms with Crippen LogP contribution in [0.5, 0.6) is 0 Å². The molecule has 0 radical (unpaired) electrons. The summed E-state index contributed by atoms with van der Waals surface area (Å²) >= 11 is 0. The highest BCUT2D eigenvalue weighted by molar-refractivity contribution is 7.89. The van der Waals surface area contributed by atoms with Crippen molar-refractivity contribution in [1.29, 1.82) is 0 Å². The van der Waals surface area contributed by atoms with E-state index in [4.69, 9.17) is 38.6 Å². The number of oxazole rings is 2. The molecular weight excluding hydrogens is 1200 g/mol. The summed E-state index contributed by atoms with van der Waals surface area (Å²) in [4.78, 5) is 32.6. The minimum Gasteiger partial charge on any atom is -0.481 e. The molecule has 0 spiro atoms. The van der Waals surface area contributed by atoms with Gasteiger partial charge in [0.05, 0.1) is 66.9 Å². The molecule has 14 rings (SSSR count). The van der Waals surface area contributed by atoms with Crippen molar-refractivity contribution in [2.75, 3.05) is 52.6 Å². The van der Waals surface area contributed by atoms with E-state index in [0.29, 0.717) is 98.3 Å². The Morgan fingerprint density at radius 3 is 1.43 bits per heavy atom. The number of carboxylic acids is 1. The maximum Gasteiger partial charge on any atom is 0.303 e. The summed E-state index contributed by atoms with van der Waals surface area (Å²) < 4.78 is 90.9. The lowest BCUT2D eigenvalue weighted by Gasteiger charge is -2.36. The number of rotatable bonds is 25. The molecule has 6 aliphatic heterocycles. The SMILES string of the molecule is CC(C)CN(C[C@@H](O)[C@@H](N)Cc1ccccc1)S(=O)(=O)c1ccc(-c2cnco2)cc1.CC(C)CN(C[C@@H](O)[C@H](Cc1ccccc1)NC(=O)C[C@H]1C2CCC3[C@@H](OC2)OC[C@H]31)S(=O)(=O)c1ccc(-c2cnco2)cc1.O=C(O)C[C@H]1C2CCC3[C@@H](OC2)OC[C@H]31.[HH]. The maximum absolute atomic E-state index is 13.9. The molecule has 8 aliphatic rings. The number of hydrogen-bond acceptors (Lipinski definition) is 17. The van der Waals surface area contributed by atoms with Crippen molar-refractivity contribution in [2.24, 2.45) is 64.9 Å². The topological polar surface area (TPSA) is 297 Å². The van der Waals surface area contributed by atoms with Gasteiger partial charge in [0, 0.05) is 69.5 Å². The van der Waals surface area contributed by atoms with E-state index in [1.54, 1.807) is 36.7 Å². The zero-order chi connectivity index (χ0) is 64.4. The molecule has 8 fully saturated rings. The van der Waals surface area contributed by atoms with Gasteiger partial charge in [0.2, 0.25) is 26.0 Å². The van der Waals surface area contributed by atoms with Crippen molar-refractivity contribution in [2.45, 2.75) is 126 Å². The summed E-state index contributed by atoms with van der Waals surface area (Å²) in [7, 11) is -7.78. The number of carbonyl (C=O) groups excluding carboxylic acids is 1. The maximum atomic E-state index is 13.9. The lowest BCUT2D eigenvalue weighted by Crippen LogP contribution is -2.51. The average molecular weight is 1300 g/mol. The van der Waals surface area contributed by atoms with E-state index in [1.807, 2.05) is 88.4 Å². The minimum absolute atomic E-state index is 0. The standard InChI is InChI=1S/C34H43N3O7S.C23H29N3O4S.C11H16O4.H2/c1-22(2)17-37(45(40,41)26-11-8-24(9-12-26)32-16-35-21-44-32)18-31(38)30(14-23-6-4-3-5-7-23)36-33(39)15-28-25-10-13-27-29(28)20-43-34(27)42-19-25;1-17(2)14-26(15-22(27)21(24)12-18-6-4-3-5-7-18)31(28,29)20-10-8-19(9-11-20)23-13-25-16-30-23;12-10(13)3-8-6-1-2-7-9(8)5-15-11(7)14-4-6;/h3-9,11-12,16,21-22,25,27-31,34,38H,10,13-15,17-20H2,1-2H3,(H,36,39);3-11,13,16-17,21-22,27H,12,14-15,24H2,1-2H3;6-9,11H,1-5H2,(H,12,13);1H/t25?,27?,28-,29+,30-,31+,34-;21-,22+;6?,7?,8-,9+,11-;/m000./s1. The van der Waals surface area contributed by atoms with E-state index in [2.05, 4.69) is 15.3 Å². The van der Waals surface area contributed by atoms with Gasteiger partial charge < -0.3 is 54.2 Å². The summed E-state index contributed by atoms with van der Waals surface area (Å²) in [6.45, 7) is 10.6. The van der Waals surface area contributed by atoms with Gasteiger partial charge in [-0.05, 0) is 146 Å². The number of fused-ring (bicyclic) bond motifs is 4. The van der Waals surface area contributed by atoms with Crippen LogP contribution in [0.4, 0.5) is 0 Å². The summed E-state index contributed by atoms with van der Waals surface area (Å²) in [5, 5.41) is 34.4. The Labute approximate surface area is 535 Å². The molecule has 21 nitrogen and oxygen atoms in total. The van der Waals surface area contributed by atoms with Crippen molar-refractivity contribution in [3.63, 3.8) is 0 Å². The molecule has 4 unspecified atom stereocenters. The molecule has 2 aromatic heterocycles. The van der Waals surface area contributed by atoms with E-state index in [1.165, 1.54) is 45.7 Å². The number of nitrogens with two attached hydrogens (primary N) is 1. The highest BCUT2D eigenvalue weighted by atomic mass is 32.2. The molecule has 4 aromatic carbocycles. The molecule has 6 N–H and O–H groups in total. The zero-order valence-electron chi connectivity index (χ0n) is 52.2. The molecule has 2 saturated carbocycles. The largest absolute Gasteiger partial charge is 0.481 e. The van der Waals surface area contributed by atoms with Gasteiger partial charge in [-0.15, -0.1) is 0 Å². The summed E-state index contributed by atoms with van der Waals surface area (Å²) in [6.07, 6.45) is 9.22. The number of aliphatic hydroxyl groups excluding tert-OH is 2. The van der Waals surface area contributed by atoms with Crippen LogP contribution in [-0.2, 0) is 61.4 Å². The van der Waals surface area contributed by atoms with Crippen LogP contribution in [-0.4, -0.2) is 152 Å². The summed E-state index contributed by atoms with van der Waals surface area (Å²) in [5.41, 5.74) is 9.58. The van der Waals surface area contributed by atoms with E-state index >= 15 is 0 Å². The molecule has 23 heteroatoms. The first kappa shape index (κ1) is 67.7. The Morgan fingerprint density at radius 2 is 1.00 bits per heavy atom. The average Bonchev–Trinajstić information content (AvgIpc) is 1.61. The van der Waals surface area contributed by atoms with Gasteiger partial charge in [-0.1, -0.05) is 88.4 Å². The lowest BCUT2D eigenvalue weighted by atomic mass is 9.67. The van der Waals surface area contributed by atoms with Gasteiger partial charge in [0.15, 0.2) is 36.9 Å². The third-order valence-corrected chi connectivity index (χ3v) is 22.5. The summed E-state index contributed by atoms with van der Waals surface area (Å²) in [6, 6.07) is 30.8. The summed E-state index contributed by atoms with van der Waals surface area (Å²) in [5.74, 6) is 3.04. The number of nitrogens with zero attached hydrogens (tertiary/aromatic N) is 4. The fourth-order valence-electron chi connectivity index (χ4n) is 14.2. The minimum atomic E-state index is -3.96. The number of hydrogen-bond donors (Lipinski definition) is 5. The molecule has 6 saturated heterocycles. The van der Waals surface area contributed by atoms with E-state index in [9.17, 15) is 36.6 Å². The number of carboxylic acid groups (broad SMARTS) is 1. The van der Waals surface area contributed by atoms with Crippen molar-refractivity contribution >= 4 is 31.9 Å². The number of benzene rings is 4. The molecule has 494 valence electrons. The first-order valence-electron chi connectivity index (χ1n) is 31.9. The van der Waals surface area contributed by atoms with Crippen LogP contribution >= 0.6 is 0 Å². The fourth-order valence-corrected chi connectivity index (χ4v) is 17.4. The predicted octanol–water partition coefficient (Wildman–Crippen LogP) is 8.38. The molecule has 8 heterocycles. The first-order chi connectivity index (χ1) is 43.7. The van der Waals surface area contributed by atoms with Gasteiger partial charge in [-0.2, -0.15) is 8.61 Å². The van der Waals surface area contributed by atoms with Crippen LogP contribution in [0, 0.1) is 59.2 Å². The first-order valence-corrected chi connectivity index (χ1v) is 34.7. The Morgan fingerprint density at radius 1 is 0.571 bits per heavy atom. The number of aromatic nitrogens is 2. The molecule has 8 bridgehead atoms. The second-order valence-corrected chi connectivity index (χ2v) is 30.0. The van der Waals surface area contributed by atoms with Crippen LogP contribution < -0.4 is 11.1 Å². The van der Waals surface area contributed by atoms with E-state index < -0.39 is 50.3 Å². The molecule has 6 aromatic rings. The number of nitrogens with one attached hydrogen (secondary N) is 1. The smallest absolute Gasteiger partial charge is 0.303 e. The van der Waals surface area contributed by atoms with Crippen LogP contribution in [0.1, 0.15) is 78.8 Å². The molecular formula is C68H90N6O15S2. The number of aliphatic carboxylic acids is 1. The fraction of sp³-hybridized carbons (Fsp3) is 0.529. The van der Waals surface area contributed by atoms with E-state index in [-0.39, 0.29) is 86.0 Å². The van der Waals surface area contributed by atoms with Gasteiger partial charge in [-0.3, -0.25) is 9.59 Å². The number of aliphatic hydroxyl groups is 2. The third kappa shape index (κ3) is 17.0. The highest BCUT2D eigenvalue weighted by Crippen LogP contribution is 2.51. The molecule has 14 atom stereocenters. The monoisotopic (exact) mass is 1290 g/mol. The number of ether oxygens (including phenoxy) is 4. The van der Waals surface area contributed by atoms with Crippen LogP contribution in [0.25, 0.3) is 22.6 Å². The van der Waals surface area contributed by atoms with Gasteiger partial charge in [0.1, 0.15) is 0 Å². The van der Waals surface area contributed by atoms with Crippen molar-refractivity contribution < 1.29 is 71.0 Å². The Bertz CT molecular complexity index is 3480. The molecule has 2 aliphatic carbocycles. The van der Waals surface area contributed by atoms with Crippen molar-refractivity contribution in [3.8, 4) is 22.6 Å². The normalized spacial score (nSPS) is 25.4. The van der Waals surface area contributed by atoms with Crippen LogP contribution in [0.2, 0.25) is 0 Å². The predicted molar refractivity (Wildman–Crippen MR) is 340 cm³/mol. The second-order valence-electron chi connectivity index (χ2n) is 26.1. The third-order valence-electron chi connectivity index (χ3n) is 18.8. The molecule has 91 heavy (non-hydrogen) atoms. The van der Waals surface area contributed by atoms with Crippen molar-refractivity contribution in [3.05, 3.63) is 146 Å². The quantitative estimate of drug-likeness (QED) is 0.0359. The van der Waals surface area contributed by atoms with Gasteiger partial charge in [0.25, 0.3) is 0 Å². The molecule has 1 amide bonds. The van der Waals surface area contributed by atoms with Gasteiger partial charge in [-0.25, -0.2) is 26.8 Å². The Balaban J connectivity index is 0.000000183. The Kier molecular flexibility index (Phi) is 22.8. The lowest BCUT2D eigenvalue weighted by molar-refractivity contribution is -0.142. The van der Waals surface area contributed by atoms with Crippen LogP contribution in [0.15, 0.2) is 153 Å². The van der Waals surface area contributed by atoms with Gasteiger partial charge >= 0.3 is 5.97 Å². The number of carbonyl (C=O) groups is 2. The highest BCUT2D eigenvalue weighted by Gasteiger charge is 2.53. The zero-order valence-corrected chi connectivity index (χ0v) is 53.8. The second kappa shape index (κ2) is 30.7. The number of amides is 1.